The highest BCUT2D eigenvalue weighted by Gasteiger charge is 2.44. The maximum Gasteiger partial charge on any atom is 0.436 e. The third kappa shape index (κ3) is 4.78. The van der Waals surface area contributed by atoms with Gasteiger partial charge in [0, 0.05) is 12.6 Å². The number of likely N-dealkylation sites (tertiary alicyclic amines) is 1. The van der Waals surface area contributed by atoms with Crippen molar-refractivity contribution < 1.29 is 31.3 Å². The molecular weight excluding hydrogens is 425 g/mol. The Morgan fingerprint density at radius 2 is 2.03 bits per heavy atom. The summed E-state index contributed by atoms with van der Waals surface area (Å²) < 4.78 is 68.9. The Hall–Kier alpha value is -2.76. The Morgan fingerprint density at radius 1 is 1.29 bits per heavy atom. The van der Waals surface area contributed by atoms with Gasteiger partial charge in [0.05, 0.1) is 37.6 Å². The van der Waals surface area contributed by atoms with E-state index in [0.29, 0.717) is 30.0 Å². The van der Waals surface area contributed by atoms with Crippen LogP contribution < -0.4 is 10.2 Å². The van der Waals surface area contributed by atoms with Crippen molar-refractivity contribution in [3.63, 3.8) is 0 Å². The van der Waals surface area contributed by atoms with Crippen molar-refractivity contribution in [2.45, 2.75) is 38.4 Å². The molecule has 0 aromatic carbocycles. The number of aromatic nitrogens is 2. The zero-order valence-corrected chi connectivity index (χ0v) is 16.6. The molecule has 7 nitrogen and oxygen atoms in total. The Kier molecular flexibility index (Phi) is 5.36. The fraction of sp³-hybridized carbons (Fsp3) is 0.526. The minimum atomic E-state index is -4.57. The molecule has 2 aliphatic heterocycles. The van der Waals surface area contributed by atoms with Gasteiger partial charge in [-0.1, -0.05) is 5.16 Å². The van der Waals surface area contributed by atoms with Crippen LogP contribution in [0.2, 0.25) is 0 Å². The highest BCUT2D eigenvalue weighted by atomic mass is 19.4. The van der Waals surface area contributed by atoms with Crippen LogP contribution in [0.4, 0.5) is 33.5 Å². The minimum Gasteiger partial charge on any atom is -0.362 e. The molecule has 2 aromatic heterocycles. The summed E-state index contributed by atoms with van der Waals surface area (Å²) in [5, 5.41) is 5.74. The largest absolute Gasteiger partial charge is 0.436 e. The standard InChI is InChI=1S/C19H20F5N5O2/c1-11-5-14-13(25-17(11)26-16(30)8-28-9-18(20,21)10-28)3-2-4-29(14)7-12-6-15(27-31-12)19(22,23)24/h5-6H,2-4,7-10H2,1H3,(H,25,26,30). The molecule has 168 valence electrons. The number of alkyl halides is 5. The number of halogens is 5. The molecule has 4 heterocycles. The van der Waals surface area contributed by atoms with Gasteiger partial charge in [0.15, 0.2) is 11.5 Å². The lowest BCUT2D eigenvalue weighted by Crippen LogP contribution is -2.57. The van der Waals surface area contributed by atoms with Crippen LogP contribution in [0.3, 0.4) is 0 Å². The van der Waals surface area contributed by atoms with Gasteiger partial charge in [-0.15, -0.1) is 0 Å². The number of anilines is 2. The average Bonchev–Trinajstić information content (AvgIpc) is 3.10. The zero-order valence-electron chi connectivity index (χ0n) is 16.6. The van der Waals surface area contributed by atoms with Crippen LogP contribution in [0.1, 0.15) is 29.1 Å². The minimum absolute atomic E-state index is 0.0848. The molecule has 1 amide bonds. The van der Waals surface area contributed by atoms with E-state index >= 15 is 0 Å². The summed E-state index contributed by atoms with van der Waals surface area (Å²) in [7, 11) is 0. The number of pyridine rings is 1. The molecule has 0 saturated carbocycles. The summed E-state index contributed by atoms with van der Waals surface area (Å²) in [4.78, 5) is 19.9. The molecule has 1 fully saturated rings. The SMILES string of the molecule is Cc1cc2c(nc1NC(=O)CN1CC(F)(F)C1)CCCN2Cc1cc(C(F)(F)F)no1. The molecule has 12 heteroatoms. The highest BCUT2D eigenvalue weighted by Crippen LogP contribution is 2.33. The van der Waals surface area contributed by atoms with E-state index in [4.69, 9.17) is 4.52 Å². The van der Waals surface area contributed by atoms with Crippen LogP contribution in [0.5, 0.6) is 0 Å². The fourth-order valence-corrected chi connectivity index (χ4v) is 3.75. The van der Waals surface area contributed by atoms with E-state index in [-0.39, 0.29) is 18.8 Å². The summed E-state index contributed by atoms with van der Waals surface area (Å²) in [6.45, 7) is 1.42. The average molecular weight is 445 g/mol. The van der Waals surface area contributed by atoms with E-state index in [2.05, 4.69) is 15.5 Å². The first kappa shape index (κ1) is 21.5. The molecule has 1 N–H and O–H groups in total. The van der Waals surface area contributed by atoms with Crippen molar-refractivity contribution in [1.82, 2.24) is 15.0 Å². The van der Waals surface area contributed by atoms with Crippen molar-refractivity contribution in [3.05, 3.63) is 34.8 Å². The van der Waals surface area contributed by atoms with Crippen molar-refractivity contribution in [2.24, 2.45) is 0 Å². The number of nitrogens with zero attached hydrogens (tertiary/aromatic N) is 4. The number of carbonyl (C=O) groups is 1. The van der Waals surface area contributed by atoms with Gasteiger partial charge in [-0.05, 0) is 31.4 Å². The first-order chi connectivity index (χ1) is 14.5. The molecule has 2 aliphatic rings. The second kappa shape index (κ2) is 7.74. The van der Waals surface area contributed by atoms with E-state index < -0.39 is 36.8 Å². The number of hydrogen-bond acceptors (Lipinski definition) is 6. The zero-order chi connectivity index (χ0) is 22.4. The second-order valence-corrected chi connectivity index (χ2v) is 7.87. The highest BCUT2D eigenvalue weighted by molar-refractivity contribution is 5.92. The number of hydrogen-bond donors (Lipinski definition) is 1. The number of rotatable bonds is 5. The Labute approximate surface area is 174 Å². The van der Waals surface area contributed by atoms with E-state index in [1.165, 1.54) is 4.90 Å². The summed E-state index contributed by atoms with van der Waals surface area (Å²) in [6, 6.07) is 2.68. The Balaban J connectivity index is 1.45. The lowest BCUT2D eigenvalue weighted by Gasteiger charge is -2.38. The van der Waals surface area contributed by atoms with Crippen molar-refractivity contribution in [2.75, 3.05) is 36.4 Å². The topological polar surface area (TPSA) is 74.5 Å². The molecule has 2 aromatic rings. The predicted molar refractivity (Wildman–Crippen MR) is 99.9 cm³/mol. The molecule has 0 atom stereocenters. The van der Waals surface area contributed by atoms with E-state index in [0.717, 1.165) is 18.2 Å². The maximum atomic E-state index is 12.9. The van der Waals surface area contributed by atoms with Gasteiger partial charge < -0.3 is 14.7 Å². The third-order valence-electron chi connectivity index (χ3n) is 5.18. The van der Waals surface area contributed by atoms with E-state index in [9.17, 15) is 26.7 Å². The summed E-state index contributed by atoms with van der Waals surface area (Å²) >= 11 is 0. The van der Waals surface area contributed by atoms with E-state index in [1.807, 2.05) is 4.90 Å². The first-order valence-corrected chi connectivity index (χ1v) is 9.68. The number of carbonyl (C=O) groups excluding carboxylic acids is 1. The van der Waals surface area contributed by atoms with Gasteiger partial charge in [-0.25, -0.2) is 13.8 Å². The molecule has 0 aliphatic carbocycles. The van der Waals surface area contributed by atoms with Gasteiger partial charge in [-0.3, -0.25) is 9.69 Å². The van der Waals surface area contributed by atoms with Crippen molar-refractivity contribution >= 4 is 17.4 Å². The van der Waals surface area contributed by atoms with Gasteiger partial charge >= 0.3 is 6.18 Å². The predicted octanol–water partition coefficient (Wildman–Crippen LogP) is 3.24. The first-order valence-electron chi connectivity index (χ1n) is 9.68. The monoisotopic (exact) mass is 445 g/mol. The third-order valence-corrected chi connectivity index (χ3v) is 5.18. The molecule has 4 rings (SSSR count). The molecular formula is C19H20F5N5O2. The van der Waals surface area contributed by atoms with Crippen LogP contribution in [-0.2, 0) is 23.9 Å². The van der Waals surface area contributed by atoms with Crippen molar-refractivity contribution in [1.29, 1.82) is 0 Å². The molecule has 0 radical (unpaired) electrons. The van der Waals surface area contributed by atoms with E-state index in [1.54, 1.807) is 13.0 Å². The lowest BCUT2D eigenvalue weighted by atomic mass is 10.1. The number of nitrogens with one attached hydrogen (secondary N) is 1. The fourth-order valence-electron chi connectivity index (χ4n) is 3.75. The lowest BCUT2D eigenvalue weighted by molar-refractivity contribution is -0.143. The number of fused-ring (bicyclic) bond motifs is 1. The van der Waals surface area contributed by atoms with Crippen molar-refractivity contribution in [3.8, 4) is 0 Å². The van der Waals surface area contributed by atoms with Crippen LogP contribution in [0, 0.1) is 6.92 Å². The Bertz CT molecular complexity index is 983. The van der Waals surface area contributed by atoms with Gasteiger partial charge in [0.1, 0.15) is 5.82 Å². The normalized spacial score (nSPS) is 18.5. The van der Waals surface area contributed by atoms with Crippen LogP contribution in [0.25, 0.3) is 0 Å². The molecule has 0 unspecified atom stereocenters. The molecule has 31 heavy (non-hydrogen) atoms. The second-order valence-electron chi connectivity index (χ2n) is 7.87. The van der Waals surface area contributed by atoms with Gasteiger partial charge in [0.2, 0.25) is 5.91 Å². The van der Waals surface area contributed by atoms with Crippen LogP contribution in [-0.4, -0.2) is 53.0 Å². The molecule has 1 saturated heterocycles. The number of aryl methyl sites for hydroxylation is 2. The number of amides is 1. The molecule has 0 bridgehead atoms. The van der Waals surface area contributed by atoms with Crippen LogP contribution >= 0.6 is 0 Å². The summed E-state index contributed by atoms with van der Waals surface area (Å²) in [5.41, 5.74) is 1.01. The maximum absolute atomic E-state index is 12.9. The smallest absolute Gasteiger partial charge is 0.362 e. The summed E-state index contributed by atoms with van der Waals surface area (Å²) in [6.07, 6.45) is -3.21. The van der Waals surface area contributed by atoms with Gasteiger partial charge in [0.25, 0.3) is 5.92 Å². The molecule has 0 spiro atoms. The van der Waals surface area contributed by atoms with Crippen LogP contribution in [0.15, 0.2) is 16.7 Å². The Morgan fingerprint density at radius 3 is 2.68 bits per heavy atom. The summed E-state index contributed by atoms with van der Waals surface area (Å²) in [5.74, 6) is -2.74. The van der Waals surface area contributed by atoms with Gasteiger partial charge in [-0.2, -0.15) is 13.2 Å². The quantitative estimate of drug-likeness (QED) is 0.713.